The van der Waals surface area contributed by atoms with E-state index in [4.69, 9.17) is 14.2 Å². The van der Waals surface area contributed by atoms with E-state index >= 15 is 0 Å². The lowest BCUT2D eigenvalue weighted by molar-refractivity contribution is -0.142. The van der Waals surface area contributed by atoms with Crippen molar-refractivity contribution in [2.24, 2.45) is 0 Å². The average Bonchev–Trinajstić information content (AvgIpc) is 2.61. The summed E-state index contributed by atoms with van der Waals surface area (Å²) in [6.45, 7) is 3.59. The molecule has 0 amide bonds. The fourth-order valence-electron chi connectivity index (χ4n) is 2.18. The van der Waals surface area contributed by atoms with Crippen LogP contribution in [-0.4, -0.2) is 32.8 Å². The van der Waals surface area contributed by atoms with E-state index in [0.717, 1.165) is 11.1 Å². The molecule has 0 aromatic heterocycles. The van der Waals surface area contributed by atoms with Gasteiger partial charge in [0.05, 0.1) is 19.8 Å². The summed E-state index contributed by atoms with van der Waals surface area (Å²) >= 11 is 0. The molecule has 2 rings (SSSR count). The van der Waals surface area contributed by atoms with Gasteiger partial charge in [0.2, 0.25) is 0 Å². The predicted molar refractivity (Wildman–Crippen MR) is 91.4 cm³/mol. The summed E-state index contributed by atoms with van der Waals surface area (Å²) in [4.78, 5) is 23.5. The molecule has 2 aromatic carbocycles. The number of methoxy groups -OCH3 is 2. The molecular weight excluding hydrogens is 324 g/mol. The van der Waals surface area contributed by atoms with Gasteiger partial charge < -0.3 is 18.9 Å². The smallest absolute Gasteiger partial charge is 0.343 e. The van der Waals surface area contributed by atoms with E-state index in [1.54, 1.807) is 18.2 Å². The third kappa shape index (κ3) is 4.73. The summed E-state index contributed by atoms with van der Waals surface area (Å²) < 4.78 is 20.5. The highest BCUT2D eigenvalue weighted by Gasteiger charge is 2.15. The summed E-state index contributed by atoms with van der Waals surface area (Å²) in [5.74, 6) is 0.126. The molecular formula is C19H20O6. The fourth-order valence-corrected chi connectivity index (χ4v) is 2.18. The van der Waals surface area contributed by atoms with Crippen LogP contribution in [0.2, 0.25) is 0 Å². The first-order valence-corrected chi connectivity index (χ1v) is 7.61. The zero-order chi connectivity index (χ0) is 18.4. The Bertz CT molecular complexity index is 781. The van der Waals surface area contributed by atoms with Crippen LogP contribution in [0.25, 0.3) is 0 Å². The topological polar surface area (TPSA) is 71.1 Å². The van der Waals surface area contributed by atoms with Crippen molar-refractivity contribution in [3.05, 3.63) is 53.1 Å². The van der Waals surface area contributed by atoms with E-state index in [2.05, 4.69) is 4.74 Å². The Morgan fingerprint density at radius 2 is 1.64 bits per heavy atom. The predicted octanol–water partition coefficient (Wildman–Crippen LogP) is 3.08. The molecule has 0 unspecified atom stereocenters. The molecule has 25 heavy (non-hydrogen) atoms. The van der Waals surface area contributed by atoms with Crippen LogP contribution in [0.1, 0.15) is 21.5 Å². The van der Waals surface area contributed by atoms with E-state index in [1.165, 1.54) is 20.3 Å². The molecule has 6 nitrogen and oxygen atoms in total. The second-order valence-electron chi connectivity index (χ2n) is 5.39. The molecule has 0 saturated heterocycles. The number of benzene rings is 2. The van der Waals surface area contributed by atoms with Crippen LogP contribution >= 0.6 is 0 Å². The van der Waals surface area contributed by atoms with Crippen molar-refractivity contribution in [2.75, 3.05) is 20.8 Å². The minimum atomic E-state index is -0.514. The van der Waals surface area contributed by atoms with Crippen molar-refractivity contribution in [2.45, 2.75) is 13.8 Å². The molecule has 0 radical (unpaired) electrons. The molecule has 6 heteroatoms. The van der Waals surface area contributed by atoms with Crippen LogP contribution in [0.5, 0.6) is 17.2 Å². The highest BCUT2D eigenvalue weighted by atomic mass is 16.6. The van der Waals surface area contributed by atoms with Gasteiger partial charge in [-0.1, -0.05) is 17.7 Å². The Balaban J connectivity index is 2.15. The van der Waals surface area contributed by atoms with E-state index in [1.807, 2.05) is 26.0 Å². The van der Waals surface area contributed by atoms with Crippen LogP contribution in [0, 0.1) is 13.8 Å². The molecule has 2 aromatic rings. The summed E-state index contributed by atoms with van der Waals surface area (Å²) in [6.07, 6.45) is 0. The quantitative estimate of drug-likeness (QED) is 0.592. The first kappa shape index (κ1) is 18.3. The van der Waals surface area contributed by atoms with E-state index in [9.17, 15) is 9.59 Å². The van der Waals surface area contributed by atoms with Crippen LogP contribution in [0.15, 0.2) is 36.4 Å². The molecule has 0 saturated carbocycles. The normalized spacial score (nSPS) is 10.1. The summed E-state index contributed by atoms with van der Waals surface area (Å²) in [6, 6.07) is 10.2. The minimum Gasteiger partial charge on any atom is -0.493 e. The molecule has 0 heterocycles. The van der Waals surface area contributed by atoms with Crippen molar-refractivity contribution in [1.29, 1.82) is 0 Å². The highest BCUT2D eigenvalue weighted by Crippen LogP contribution is 2.29. The van der Waals surface area contributed by atoms with Gasteiger partial charge in [0, 0.05) is 0 Å². The Labute approximate surface area is 146 Å². The second-order valence-corrected chi connectivity index (χ2v) is 5.39. The Morgan fingerprint density at radius 3 is 2.28 bits per heavy atom. The van der Waals surface area contributed by atoms with Crippen LogP contribution < -0.4 is 14.2 Å². The largest absolute Gasteiger partial charge is 0.493 e. The van der Waals surface area contributed by atoms with Gasteiger partial charge in [-0.2, -0.15) is 0 Å². The maximum absolute atomic E-state index is 12.4. The minimum absolute atomic E-state index is 0.251. The summed E-state index contributed by atoms with van der Waals surface area (Å²) in [7, 11) is 2.72. The number of rotatable bonds is 6. The lowest BCUT2D eigenvalue weighted by atomic mass is 10.1. The number of carbonyl (C=O) groups is 2. The zero-order valence-electron chi connectivity index (χ0n) is 14.6. The molecule has 0 aliphatic carbocycles. The fraction of sp³-hybridized carbons (Fsp3) is 0.263. The Kier molecular flexibility index (Phi) is 6.00. The van der Waals surface area contributed by atoms with Gasteiger partial charge in [-0.05, 0) is 43.7 Å². The van der Waals surface area contributed by atoms with Crippen molar-refractivity contribution in [3.63, 3.8) is 0 Å². The van der Waals surface area contributed by atoms with Gasteiger partial charge in [-0.25, -0.2) is 9.59 Å². The highest BCUT2D eigenvalue weighted by molar-refractivity contribution is 5.92. The number of hydrogen-bond donors (Lipinski definition) is 0. The first-order chi connectivity index (χ1) is 11.9. The van der Waals surface area contributed by atoms with Crippen molar-refractivity contribution >= 4 is 11.9 Å². The first-order valence-electron chi connectivity index (χ1n) is 7.61. The monoisotopic (exact) mass is 344 g/mol. The number of esters is 2. The molecule has 0 spiro atoms. The maximum atomic E-state index is 12.4. The Morgan fingerprint density at radius 1 is 0.920 bits per heavy atom. The standard InChI is InChI=1S/C19H20O6/c1-12-5-7-15(13(2)9-12)25-19(21)14-6-8-16(17(10-14)22-3)24-11-18(20)23-4/h5-10H,11H2,1-4H3. The lowest BCUT2D eigenvalue weighted by Gasteiger charge is -2.12. The van der Waals surface area contributed by atoms with E-state index in [0.29, 0.717) is 22.8 Å². The van der Waals surface area contributed by atoms with Gasteiger partial charge in [0.1, 0.15) is 5.75 Å². The van der Waals surface area contributed by atoms with Gasteiger partial charge in [-0.3, -0.25) is 0 Å². The van der Waals surface area contributed by atoms with Crippen molar-refractivity contribution in [3.8, 4) is 17.2 Å². The van der Waals surface area contributed by atoms with Crippen LogP contribution in [-0.2, 0) is 9.53 Å². The van der Waals surface area contributed by atoms with Gasteiger partial charge in [0.15, 0.2) is 18.1 Å². The number of aryl methyl sites for hydroxylation is 2. The summed E-state index contributed by atoms with van der Waals surface area (Å²) in [5.41, 5.74) is 2.27. The summed E-state index contributed by atoms with van der Waals surface area (Å²) in [5, 5.41) is 0. The SMILES string of the molecule is COC(=O)COc1ccc(C(=O)Oc2ccc(C)cc2C)cc1OC. The second kappa shape index (κ2) is 8.19. The van der Waals surface area contributed by atoms with Crippen molar-refractivity contribution < 1.29 is 28.5 Å². The van der Waals surface area contributed by atoms with Gasteiger partial charge in [0.25, 0.3) is 0 Å². The third-order valence-electron chi connectivity index (χ3n) is 3.51. The van der Waals surface area contributed by atoms with E-state index in [-0.39, 0.29) is 6.61 Å². The molecule has 0 bridgehead atoms. The zero-order valence-corrected chi connectivity index (χ0v) is 14.6. The van der Waals surface area contributed by atoms with Gasteiger partial charge >= 0.3 is 11.9 Å². The molecule has 0 atom stereocenters. The van der Waals surface area contributed by atoms with Gasteiger partial charge in [-0.15, -0.1) is 0 Å². The third-order valence-corrected chi connectivity index (χ3v) is 3.51. The molecule has 132 valence electrons. The Hall–Kier alpha value is -3.02. The average molecular weight is 344 g/mol. The molecule has 0 N–H and O–H groups in total. The number of ether oxygens (including phenoxy) is 4. The van der Waals surface area contributed by atoms with E-state index < -0.39 is 11.9 Å². The number of hydrogen-bond acceptors (Lipinski definition) is 6. The number of carbonyl (C=O) groups excluding carboxylic acids is 2. The van der Waals surface area contributed by atoms with Crippen molar-refractivity contribution in [1.82, 2.24) is 0 Å². The maximum Gasteiger partial charge on any atom is 0.343 e. The molecule has 0 aliphatic heterocycles. The molecule has 0 aliphatic rings. The lowest BCUT2D eigenvalue weighted by Crippen LogP contribution is -2.13. The molecule has 0 fully saturated rings. The van der Waals surface area contributed by atoms with Crippen LogP contribution in [0.4, 0.5) is 0 Å². The van der Waals surface area contributed by atoms with Crippen LogP contribution in [0.3, 0.4) is 0 Å².